The minimum atomic E-state index is -3.74. The second-order valence-corrected chi connectivity index (χ2v) is 8.77. The number of carbonyl (C=O) groups is 1. The van der Waals surface area contributed by atoms with Crippen LogP contribution in [0.3, 0.4) is 0 Å². The molecule has 11 heteroatoms. The molecule has 1 N–H and O–H groups in total. The Morgan fingerprint density at radius 1 is 1.24 bits per heavy atom. The number of nitrogens with zero attached hydrogens (tertiary/aromatic N) is 4. The van der Waals surface area contributed by atoms with E-state index < -0.39 is 10.0 Å². The highest BCUT2D eigenvalue weighted by Gasteiger charge is 2.26. The van der Waals surface area contributed by atoms with E-state index in [1.807, 2.05) is 11.5 Å². The Bertz CT molecular complexity index is 926. The fourth-order valence-corrected chi connectivity index (χ4v) is 5.06. The summed E-state index contributed by atoms with van der Waals surface area (Å²) in [4.78, 5) is 12.4. The van der Waals surface area contributed by atoms with E-state index in [9.17, 15) is 13.2 Å². The summed E-state index contributed by atoms with van der Waals surface area (Å²) in [6, 6.07) is 4.63. The molecule has 0 atom stereocenters. The van der Waals surface area contributed by atoms with Crippen molar-refractivity contribution in [1.29, 1.82) is 0 Å². The lowest BCUT2D eigenvalue weighted by molar-refractivity contribution is -0.113. The Balaban J connectivity index is 2.20. The lowest BCUT2D eigenvalue weighted by Gasteiger charge is -2.21. The molecule has 0 saturated heterocycles. The number of aromatic nitrogens is 3. The van der Waals surface area contributed by atoms with Crippen molar-refractivity contribution in [2.75, 3.05) is 30.8 Å². The van der Waals surface area contributed by atoms with E-state index >= 15 is 0 Å². The van der Waals surface area contributed by atoms with Gasteiger partial charge in [0.25, 0.3) is 0 Å². The number of ether oxygens (including phenoxy) is 1. The molecule has 9 nitrogen and oxygen atoms in total. The molecule has 0 radical (unpaired) electrons. The number of sulfonamides is 1. The molecule has 0 bridgehead atoms. The molecular weight excluding hydrogens is 414 g/mol. The lowest BCUT2D eigenvalue weighted by atomic mass is 10.3. The molecule has 0 aliphatic rings. The zero-order valence-electron chi connectivity index (χ0n) is 17.1. The third-order valence-corrected chi connectivity index (χ3v) is 7.16. The molecule has 1 heterocycles. The third-order valence-electron chi connectivity index (χ3n) is 4.10. The first kappa shape index (κ1) is 23.2. The maximum absolute atomic E-state index is 13.0. The van der Waals surface area contributed by atoms with Crippen molar-refractivity contribution >= 4 is 33.4 Å². The van der Waals surface area contributed by atoms with Gasteiger partial charge in [0.05, 0.1) is 12.4 Å². The summed E-state index contributed by atoms with van der Waals surface area (Å²) >= 11 is 1.26. The number of benzene rings is 1. The molecule has 1 amide bonds. The zero-order chi connectivity index (χ0) is 21.4. The molecule has 2 rings (SSSR count). The number of anilines is 1. The van der Waals surface area contributed by atoms with Crippen molar-refractivity contribution in [2.24, 2.45) is 0 Å². The second-order valence-electron chi connectivity index (χ2n) is 5.92. The van der Waals surface area contributed by atoms with Crippen LogP contribution in [-0.4, -0.2) is 58.8 Å². The average Bonchev–Trinajstić information content (AvgIpc) is 3.16. The molecule has 0 unspecified atom stereocenters. The summed E-state index contributed by atoms with van der Waals surface area (Å²) in [5.41, 5.74) is 0.391. The lowest BCUT2D eigenvalue weighted by Crippen LogP contribution is -2.31. The summed E-state index contributed by atoms with van der Waals surface area (Å²) in [6.45, 7) is 9.04. The number of nitrogens with one attached hydrogen (secondary N) is 1. The summed E-state index contributed by atoms with van der Waals surface area (Å²) in [5, 5.41) is 11.2. The highest BCUT2D eigenvalue weighted by atomic mass is 32.2. The van der Waals surface area contributed by atoms with Crippen LogP contribution in [0.5, 0.6) is 5.75 Å². The average molecular weight is 442 g/mol. The number of hydrogen-bond donors (Lipinski definition) is 1. The number of thioether (sulfide) groups is 1. The first-order valence-corrected chi connectivity index (χ1v) is 11.9. The van der Waals surface area contributed by atoms with Crippen molar-refractivity contribution in [3.05, 3.63) is 24.5 Å². The Morgan fingerprint density at radius 3 is 2.59 bits per heavy atom. The monoisotopic (exact) mass is 441 g/mol. The van der Waals surface area contributed by atoms with Gasteiger partial charge in [-0.3, -0.25) is 4.79 Å². The first-order chi connectivity index (χ1) is 13.9. The van der Waals surface area contributed by atoms with Crippen LogP contribution in [0.15, 0.2) is 34.6 Å². The van der Waals surface area contributed by atoms with Gasteiger partial charge < -0.3 is 14.6 Å². The van der Waals surface area contributed by atoms with Crippen LogP contribution in [0.2, 0.25) is 0 Å². The summed E-state index contributed by atoms with van der Waals surface area (Å²) < 4.78 is 34.7. The highest BCUT2D eigenvalue weighted by molar-refractivity contribution is 7.99. The van der Waals surface area contributed by atoms with Crippen molar-refractivity contribution < 1.29 is 17.9 Å². The third kappa shape index (κ3) is 5.71. The molecule has 29 heavy (non-hydrogen) atoms. The second kappa shape index (κ2) is 10.6. The van der Waals surface area contributed by atoms with E-state index in [2.05, 4.69) is 15.5 Å². The number of hydrogen-bond acceptors (Lipinski definition) is 7. The van der Waals surface area contributed by atoms with Gasteiger partial charge in [0.2, 0.25) is 15.9 Å². The largest absolute Gasteiger partial charge is 0.492 e. The molecule has 1 aromatic carbocycles. The van der Waals surface area contributed by atoms with Gasteiger partial charge in [-0.05, 0) is 32.0 Å². The molecule has 0 saturated carbocycles. The highest BCUT2D eigenvalue weighted by Crippen LogP contribution is 2.30. The Hall–Kier alpha value is -2.11. The number of amides is 1. The fourth-order valence-electron chi connectivity index (χ4n) is 2.67. The van der Waals surface area contributed by atoms with Gasteiger partial charge >= 0.3 is 0 Å². The van der Waals surface area contributed by atoms with Crippen LogP contribution >= 0.6 is 11.8 Å². The van der Waals surface area contributed by atoms with Crippen LogP contribution in [0, 0.1) is 0 Å². The maximum atomic E-state index is 13.0. The number of rotatable bonds is 11. The minimum absolute atomic E-state index is 0.0410. The van der Waals surface area contributed by atoms with Crippen LogP contribution < -0.4 is 10.1 Å². The minimum Gasteiger partial charge on any atom is -0.492 e. The van der Waals surface area contributed by atoms with Crippen LogP contribution in [0.1, 0.15) is 27.7 Å². The normalized spacial score (nSPS) is 11.6. The van der Waals surface area contributed by atoms with Crippen molar-refractivity contribution in [1.82, 2.24) is 19.1 Å². The molecule has 0 aliphatic carbocycles. The predicted octanol–water partition coefficient (Wildman–Crippen LogP) is 2.46. The molecule has 0 fully saturated rings. The predicted molar refractivity (Wildman–Crippen MR) is 113 cm³/mol. The van der Waals surface area contributed by atoms with Gasteiger partial charge in [-0.2, -0.15) is 4.31 Å². The topological polar surface area (TPSA) is 106 Å². The van der Waals surface area contributed by atoms with E-state index in [0.29, 0.717) is 37.1 Å². The Kier molecular flexibility index (Phi) is 8.47. The Labute approximate surface area is 175 Å². The van der Waals surface area contributed by atoms with E-state index in [1.54, 1.807) is 39.2 Å². The van der Waals surface area contributed by atoms with Gasteiger partial charge in [-0.15, -0.1) is 10.2 Å². The molecule has 1 aromatic heterocycles. The SMILES string of the molecule is CCOc1ccc(NC(=O)CSc2nncn2CC)cc1S(=O)(=O)N(CC)CC. The number of carbonyl (C=O) groups excluding carboxylic acids is 1. The van der Waals surface area contributed by atoms with Gasteiger partial charge in [0.15, 0.2) is 5.16 Å². The quantitative estimate of drug-likeness (QED) is 0.534. The van der Waals surface area contributed by atoms with E-state index in [-0.39, 0.29) is 22.3 Å². The van der Waals surface area contributed by atoms with Gasteiger partial charge in [0.1, 0.15) is 17.0 Å². The van der Waals surface area contributed by atoms with E-state index in [0.717, 1.165) is 0 Å². The molecule has 160 valence electrons. The zero-order valence-corrected chi connectivity index (χ0v) is 18.7. The van der Waals surface area contributed by atoms with E-state index in [4.69, 9.17) is 4.74 Å². The molecule has 0 spiro atoms. The molecular formula is C18H27N5O4S2. The van der Waals surface area contributed by atoms with Crippen LogP contribution in [0.4, 0.5) is 5.69 Å². The van der Waals surface area contributed by atoms with Crippen LogP contribution in [-0.2, 0) is 21.4 Å². The van der Waals surface area contributed by atoms with Gasteiger partial charge in [-0.1, -0.05) is 25.6 Å². The molecule has 0 aliphatic heterocycles. The summed E-state index contributed by atoms with van der Waals surface area (Å²) in [6.07, 6.45) is 1.61. The van der Waals surface area contributed by atoms with Gasteiger partial charge in [0, 0.05) is 25.3 Å². The fraction of sp³-hybridized carbons (Fsp3) is 0.500. The van der Waals surface area contributed by atoms with Crippen LogP contribution in [0.25, 0.3) is 0 Å². The smallest absolute Gasteiger partial charge is 0.246 e. The van der Waals surface area contributed by atoms with Gasteiger partial charge in [-0.25, -0.2) is 8.42 Å². The Morgan fingerprint density at radius 2 is 1.97 bits per heavy atom. The maximum Gasteiger partial charge on any atom is 0.246 e. The number of aryl methyl sites for hydroxylation is 1. The molecule has 2 aromatic rings. The first-order valence-electron chi connectivity index (χ1n) is 9.44. The summed E-state index contributed by atoms with van der Waals surface area (Å²) in [5.74, 6) is 0.128. The van der Waals surface area contributed by atoms with Crippen molar-refractivity contribution in [2.45, 2.75) is 44.3 Å². The van der Waals surface area contributed by atoms with E-state index in [1.165, 1.54) is 22.1 Å². The van der Waals surface area contributed by atoms with Crippen molar-refractivity contribution in [3.8, 4) is 5.75 Å². The summed E-state index contributed by atoms with van der Waals surface area (Å²) in [7, 11) is -3.74. The van der Waals surface area contributed by atoms with Crippen molar-refractivity contribution in [3.63, 3.8) is 0 Å². The standard InChI is InChI=1S/C18H27N5O4S2/c1-5-22-13-19-21-18(22)28-12-17(24)20-14-9-10-15(27-8-4)16(11-14)29(25,26)23(6-2)7-3/h9-11,13H,5-8,12H2,1-4H3,(H,20,24).